The maximum absolute atomic E-state index is 11.7. The molecule has 1 aliphatic rings. The number of aromatic nitrogens is 5. The van der Waals surface area contributed by atoms with Crippen molar-refractivity contribution in [1.29, 1.82) is 0 Å². The van der Waals surface area contributed by atoms with E-state index in [1.807, 2.05) is 36.3 Å². The van der Waals surface area contributed by atoms with Crippen LogP contribution in [0.1, 0.15) is 28.2 Å². The first-order chi connectivity index (χ1) is 18.5. The van der Waals surface area contributed by atoms with Crippen LogP contribution in [0.4, 0.5) is 11.6 Å². The molecule has 0 aliphatic carbocycles. The van der Waals surface area contributed by atoms with Gasteiger partial charge in [-0.1, -0.05) is 12.1 Å². The lowest BCUT2D eigenvalue weighted by atomic mass is 10.1. The summed E-state index contributed by atoms with van der Waals surface area (Å²) in [7, 11) is 1.96. The minimum atomic E-state index is -0.597. The van der Waals surface area contributed by atoms with Gasteiger partial charge in [0.25, 0.3) is 5.91 Å². The third-order valence-corrected chi connectivity index (χ3v) is 8.17. The monoisotopic (exact) mass is 530 g/mol. The van der Waals surface area contributed by atoms with Gasteiger partial charge >= 0.3 is 0 Å². The van der Waals surface area contributed by atoms with Crippen LogP contribution in [0.3, 0.4) is 0 Å². The molecule has 1 aromatic carbocycles. The van der Waals surface area contributed by atoms with E-state index in [1.54, 1.807) is 28.9 Å². The Hall–Kier alpha value is -4.13. The molecule has 1 atom stereocenters. The number of hydrogen-bond acceptors (Lipinski definition) is 10. The number of hydroxylamine groups is 1. The molecular weight excluding hydrogens is 504 g/mol. The number of fused-ring (bicyclic) bond motifs is 2. The number of amides is 1. The SMILES string of the molecule is CC(c1cc2nc(-c3cccc4[nH]ncc34)nc(N3CCOCC3)c2s1)N(C)c1ccc(C(=O)NO)cn1. The molecule has 0 radical (unpaired) electrons. The molecule has 6 rings (SSSR count). The average molecular weight is 531 g/mol. The molecule has 1 amide bonds. The summed E-state index contributed by atoms with van der Waals surface area (Å²) < 4.78 is 6.64. The zero-order chi connectivity index (χ0) is 26.2. The molecule has 5 aromatic rings. The summed E-state index contributed by atoms with van der Waals surface area (Å²) in [6.07, 6.45) is 3.25. The van der Waals surface area contributed by atoms with E-state index in [4.69, 9.17) is 19.9 Å². The smallest absolute Gasteiger partial charge is 0.276 e. The van der Waals surface area contributed by atoms with Crippen LogP contribution in [-0.4, -0.2) is 69.6 Å². The standard InChI is InChI=1S/C26H26N8O3S/c1-15(33(2)22-7-6-16(13-27-22)26(35)32-36)21-12-20-23(38-21)25(34-8-10-37-11-9-34)30-24(29-20)17-4-3-5-19-18(17)14-28-31-19/h3-7,12-15,36H,8-11H2,1-2H3,(H,28,31)(H,32,35). The zero-order valence-electron chi connectivity index (χ0n) is 20.9. The van der Waals surface area contributed by atoms with Gasteiger partial charge in [-0.15, -0.1) is 11.3 Å². The van der Waals surface area contributed by atoms with Crippen LogP contribution < -0.4 is 15.3 Å². The van der Waals surface area contributed by atoms with Crippen molar-refractivity contribution in [3.05, 3.63) is 59.2 Å². The topological polar surface area (TPSA) is 132 Å². The number of rotatable bonds is 6. The molecular formula is C26H26N8O3S. The van der Waals surface area contributed by atoms with Crippen LogP contribution in [0.2, 0.25) is 0 Å². The highest BCUT2D eigenvalue weighted by Gasteiger charge is 2.24. The summed E-state index contributed by atoms with van der Waals surface area (Å²) in [4.78, 5) is 31.6. The molecule has 11 nitrogen and oxygen atoms in total. The van der Waals surface area contributed by atoms with Crippen molar-refractivity contribution in [2.45, 2.75) is 13.0 Å². The molecule has 0 spiro atoms. The van der Waals surface area contributed by atoms with Crippen LogP contribution in [0.25, 0.3) is 32.5 Å². The van der Waals surface area contributed by atoms with Crippen LogP contribution in [0, 0.1) is 0 Å². The molecule has 1 unspecified atom stereocenters. The van der Waals surface area contributed by atoms with E-state index in [-0.39, 0.29) is 11.6 Å². The molecule has 38 heavy (non-hydrogen) atoms. The summed E-state index contributed by atoms with van der Waals surface area (Å²) in [5, 5.41) is 17.1. The highest BCUT2D eigenvalue weighted by Crippen LogP contribution is 2.39. The Labute approximate surface area is 222 Å². The Morgan fingerprint density at radius 3 is 2.82 bits per heavy atom. The van der Waals surface area contributed by atoms with E-state index >= 15 is 0 Å². The minimum absolute atomic E-state index is 0.0162. The molecule has 1 saturated heterocycles. The van der Waals surface area contributed by atoms with Gasteiger partial charge in [-0.2, -0.15) is 5.10 Å². The number of carbonyl (C=O) groups is 1. The predicted octanol–water partition coefficient (Wildman–Crippen LogP) is 3.78. The molecule has 1 aliphatic heterocycles. The molecule has 194 valence electrons. The minimum Gasteiger partial charge on any atom is -0.378 e. The van der Waals surface area contributed by atoms with Gasteiger partial charge in [-0.3, -0.25) is 15.1 Å². The maximum atomic E-state index is 11.7. The lowest BCUT2D eigenvalue weighted by Crippen LogP contribution is -2.36. The molecule has 4 aromatic heterocycles. The summed E-state index contributed by atoms with van der Waals surface area (Å²) in [6.45, 7) is 4.95. The molecule has 0 saturated carbocycles. The van der Waals surface area contributed by atoms with Crippen molar-refractivity contribution < 1.29 is 14.7 Å². The highest BCUT2D eigenvalue weighted by molar-refractivity contribution is 7.19. The largest absolute Gasteiger partial charge is 0.378 e. The zero-order valence-corrected chi connectivity index (χ0v) is 21.7. The van der Waals surface area contributed by atoms with Gasteiger partial charge in [0.15, 0.2) is 11.6 Å². The van der Waals surface area contributed by atoms with Gasteiger partial charge in [0.05, 0.1) is 46.7 Å². The Kier molecular flexibility index (Phi) is 6.35. The number of ether oxygens (including phenoxy) is 1. The Morgan fingerprint density at radius 1 is 1.21 bits per heavy atom. The molecule has 12 heteroatoms. The second kappa shape index (κ2) is 9.97. The fourth-order valence-electron chi connectivity index (χ4n) is 4.60. The number of thiophene rings is 1. The molecule has 1 fully saturated rings. The fourth-order valence-corrected chi connectivity index (χ4v) is 5.81. The van der Waals surface area contributed by atoms with E-state index in [0.29, 0.717) is 24.9 Å². The van der Waals surface area contributed by atoms with Gasteiger partial charge in [0.1, 0.15) is 5.82 Å². The predicted molar refractivity (Wildman–Crippen MR) is 146 cm³/mol. The third kappa shape index (κ3) is 4.32. The normalized spacial score (nSPS) is 14.7. The molecule has 5 heterocycles. The highest BCUT2D eigenvalue weighted by atomic mass is 32.1. The first-order valence-electron chi connectivity index (χ1n) is 12.2. The van der Waals surface area contributed by atoms with Crippen molar-refractivity contribution in [1.82, 2.24) is 30.6 Å². The van der Waals surface area contributed by atoms with Crippen LogP contribution in [0.5, 0.6) is 0 Å². The van der Waals surface area contributed by atoms with Crippen molar-refractivity contribution in [2.24, 2.45) is 0 Å². The average Bonchev–Trinajstić information content (AvgIpc) is 3.63. The number of morpholine rings is 1. The Bertz CT molecular complexity index is 1610. The first kappa shape index (κ1) is 24.2. The number of nitrogens with zero attached hydrogens (tertiary/aromatic N) is 6. The van der Waals surface area contributed by atoms with Gasteiger partial charge in [0.2, 0.25) is 0 Å². The summed E-state index contributed by atoms with van der Waals surface area (Å²) in [5.41, 5.74) is 4.67. The number of aromatic amines is 1. The van der Waals surface area contributed by atoms with E-state index in [2.05, 4.69) is 33.1 Å². The lowest BCUT2D eigenvalue weighted by molar-refractivity contribution is 0.0706. The van der Waals surface area contributed by atoms with E-state index in [0.717, 1.165) is 50.5 Å². The van der Waals surface area contributed by atoms with Crippen LogP contribution in [-0.2, 0) is 4.74 Å². The van der Waals surface area contributed by atoms with E-state index < -0.39 is 5.91 Å². The summed E-state index contributed by atoms with van der Waals surface area (Å²) in [5.74, 6) is 1.69. The first-order valence-corrected chi connectivity index (χ1v) is 13.0. The molecule has 3 N–H and O–H groups in total. The number of hydrogen-bond donors (Lipinski definition) is 3. The lowest BCUT2D eigenvalue weighted by Gasteiger charge is -2.28. The summed E-state index contributed by atoms with van der Waals surface area (Å²) >= 11 is 1.68. The van der Waals surface area contributed by atoms with E-state index in [9.17, 15) is 4.79 Å². The van der Waals surface area contributed by atoms with Gasteiger partial charge < -0.3 is 14.5 Å². The maximum Gasteiger partial charge on any atom is 0.276 e. The van der Waals surface area contributed by atoms with Crippen molar-refractivity contribution in [2.75, 3.05) is 43.2 Å². The fraction of sp³-hybridized carbons (Fsp3) is 0.269. The Morgan fingerprint density at radius 2 is 2.05 bits per heavy atom. The second-order valence-electron chi connectivity index (χ2n) is 9.10. The molecule has 0 bridgehead atoms. The van der Waals surface area contributed by atoms with E-state index in [1.165, 1.54) is 6.20 Å². The number of H-pyrrole nitrogens is 1. The van der Waals surface area contributed by atoms with Crippen LogP contribution >= 0.6 is 11.3 Å². The van der Waals surface area contributed by atoms with Crippen molar-refractivity contribution >= 4 is 50.0 Å². The van der Waals surface area contributed by atoms with Gasteiger partial charge in [0, 0.05) is 42.2 Å². The second-order valence-corrected chi connectivity index (χ2v) is 10.2. The van der Waals surface area contributed by atoms with Gasteiger partial charge in [-0.05, 0) is 31.2 Å². The van der Waals surface area contributed by atoms with Gasteiger partial charge in [-0.25, -0.2) is 20.4 Å². The third-order valence-electron chi connectivity index (χ3n) is 6.87. The summed E-state index contributed by atoms with van der Waals surface area (Å²) in [6, 6.07) is 11.5. The number of anilines is 2. The quantitative estimate of drug-likeness (QED) is 0.222. The van der Waals surface area contributed by atoms with Crippen LogP contribution in [0.15, 0.2) is 48.8 Å². The number of pyridine rings is 1. The number of nitrogens with one attached hydrogen (secondary N) is 2. The Balaban J connectivity index is 1.41. The van der Waals surface area contributed by atoms with Crippen molar-refractivity contribution in [3.8, 4) is 11.4 Å². The number of benzene rings is 1. The number of carbonyl (C=O) groups excluding carboxylic acids is 1. The van der Waals surface area contributed by atoms with Crippen molar-refractivity contribution in [3.63, 3.8) is 0 Å².